The Bertz CT molecular complexity index is 908. The summed E-state index contributed by atoms with van der Waals surface area (Å²) in [5, 5.41) is 12.5. The molecule has 2 aromatic rings. The van der Waals surface area contributed by atoms with E-state index >= 15 is 0 Å². The number of halogens is 3. The van der Waals surface area contributed by atoms with Crippen molar-refractivity contribution in [1.82, 2.24) is 5.32 Å². The van der Waals surface area contributed by atoms with Crippen LogP contribution in [-0.4, -0.2) is 32.2 Å². The van der Waals surface area contributed by atoms with Crippen molar-refractivity contribution in [1.29, 1.82) is 0 Å². The summed E-state index contributed by atoms with van der Waals surface area (Å²) in [6.07, 6.45) is -3.96. The third-order valence-corrected chi connectivity index (χ3v) is 5.24. The SMILES string of the molecule is CS(=O)(=O)c1ccc(CCC(=O)NC[C@H](O)c2ccc(C(F)(F)F)cc2)cc1. The second-order valence-electron chi connectivity index (χ2n) is 6.36. The van der Waals surface area contributed by atoms with Gasteiger partial charge in [-0.2, -0.15) is 13.2 Å². The van der Waals surface area contributed by atoms with E-state index in [4.69, 9.17) is 0 Å². The van der Waals surface area contributed by atoms with Gasteiger partial charge in [0.15, 0.2) is 9.84 Å². The first-order valence-electron chi connectivity index (χ1n) is 8.38. The quantitative estimate of drug-likeness (QED) is 0.729. The molecule has 0 unspecified atom stereocenters. The van der Waals surface area contributed by atoms with E-state index < -0.39 is 27.7 Å². The van der Waals surface area contributed by atoms with E-state index in [0.29, 0.717) is 6.42 Å². The fraction of sp³-hybridized carbons (Fsp3) is 0.316. The van der Waals surface area contributed by atoms with Crippen LogP contribution in [0.5, 0.6) is 0 Å². The summed E-state index contributed by atoms with van der Waals surface area (Å²) >= 11 is 0. The average Bonchev–Trinajstić information content (AvgIpc) is 2.63. The molecule has 0 aliphatic rings. The molecule has 2 rings (SSSR count). The molecule has 2 N–H and O–H groups in total. The zero-order valence-corrected chi connectivity index (χ0v) is 15.8. The van der Waals surface area contributed by atoms with Gasteiger partial charge in [-0.1, -0.05) is 24.3 Å². The van der Waals surface area contributed by atoms with E-state index in [9.17, 15) is 31.5 Å². The maximum Gasteiger partial charge on any atom is 0.416 e. The minimum absolute atomic E-state index is 0.123. The van der Waals surface area contributed by atoms with E-state index in [1.807, 2.05) is 0 Å². The first-order valence-corrected chi connectivity index (χ1v) is 10.3. The average molecular weight is 415 g/mol. The van der Waals surface area contributed by atoms with Crippen molar-refractivity contribution in [3.05, 3.63) is 65.2 Å². The highest BCUT2D eigenvalue weighted by molar-refractivity contribution is 7.90. The third kappa shape index (κ3) is 6.35. The summed E-state index contributed by atoms with van der Waals surface area (Å²) in [7, 11) is -3.28. The van der Waals surface area contributed by atoms with Crippen molar-refractivity contribution >= 4 is 15.7 Å². The lowest BCUT2D eigenvalue weighted by Gasteiger charge is -2.14. The number of hydrogen-bond donors (Lipinski definition) is 2. The topological polar surface area (TPSA) is 83.5 Å². The number of aryl methyl sites for hydroxylation is 1. The fourth-order valence-corrected chi connectivity index (χ4v) is 3.10. The fourth-order valence-electron chi connectivity index (χ4n) is 2.47. The van der Waals surface area contributed by atoms with Crippen LogP contribution < -0.4 is 5.32 Å². The zero-order chi connectivity index (χ0) is 20.9. The summed E-state index contributed by atoms with van der Waals surface area (Å²) in [6.45, 7) is -0.128. The summed E-state index contributed by atoms with van der Waals surface area (Å²) in [6, 6.07) is 10.3. The molecule has 0 aliphatic carbocycles. The molecule has 0 aromatic heterocycles. The molecule has 28 heavy (non-hydrogen) atoms. The summed E-state index contributed by atoms with van der Waals surface area (Å²) in [5.74, 6) is -0.335. The number of aliphatic hydroxyl groups excluding tert-OH is 1. The maximum absolute atomic E-state index is 12.5. The second-order valence-corrected chi connectivity index (χ2v) is 8.37. The van der Waals surface area contributed by atoms with Gasteiger partial charge in [-0.3, -0.25) is 4.79 Å². The van der Waals surface area contributed by atoms with E-state index in [0.717, 1.165) is 24.0 Å². The van der Waals surface area contributed by atoms with Crippen molar-refractivity contribution in [2.24, 2.45) is 0 Å². The molecule has 0 aliphatic heterocycles. The predicted octanol–water partition coefficient (Wildman–Crippen LogP) is 2.89. The zero-order valence-electron chi connectivity index (χ0n) is 15.0. The van der Waals surface area contributed by atoms with Gasteiger partial charge in [0, 0.05) is 19.2 Å². The van der Waals surface area contributed by atoms with Crippen LogP contribution in [0.1, 0.15) is 29.2 Å². The van der Waals surface area contributed by atoms with Crippen molar-refractivity contribution in [2.45, 2.75) is 30.0 Å². The lowest BCUT2D eigenvalue weighted by atomic mass is 10.1. The van der Waals surface area contributed by atoms with E-state index in [2.05, 4.69) is 5.32 Å². The lowest BCUT2D eigenvalue weighted by Crippen LogP contribution is -2.28. The highest BCUT2D eigenvalue weighted by Gasteiger charge is 2.30. The van der Waals surface area contributed by atoms with E-state index in [1.54, 1.807) is 12.1 Å². The number of sulfone groups is 1. The van der Waals surface area contributed by atoms with Gasteiger partial charge in [-0.05, 0) is 41.8 Å². The molecule has 0 saturated carbocycles. The monoisotopic (exact) mass is 415 g/mol. The van der Waals surface area contributed by atoms with Gasteiger partial charge in [-0.15, -0.1) is 0 Å². The largest absolute Gasteiger partial charge is 0.416 e. The molecular formula is C19H20F3NO4S. The third-order valence-electron chi connectivity index (χ3n) is 4.11. The Hall–Kier alpha value is -2.39. The van der Waals surface area contributed by atoms with Crippen LogP contribution in [0.15, 0.2) is 53.4 Å². The van der Waals surface area contributed by atoms with E-state index in [-0.39, 0.29) is 29.3 Å². The van der Waals surface area contributed by atoms with Crippen LogP contribution in [0, 0.1) is 0 Å². The molecule has 1 amide bonds. The van der Waals surface area contributed by atoms with Gasteiger partial charge >= 0.3 is 6.18 Å². The normalized spacial score (nSPS) is 13.2. The van der Waals surface area contributed by atoms with Crippen molar-refractivity contribution in [3.63, 3.8) is 0 Å². The lowest BCUT2D eigenvalue weighted by molar-refractivity contribution is -0.137. The standard InChI is InChI=1S/C19H20F3NO4S/c1-28(26,27)16-9-2-13(3-10-16)4-11-18(25)23-12-17(24)14-5-7-15(8-6-14)19(20,21)22/h2-3,5-10,17,24H,4,11-12H2,1H3,(H,23,25)/t17-/m0/s1. The van der Waals surface area contributed by atoms with Crippen molar-refractivity contribution in [2.75, 3.05) is 12.8 Å². The number of amides is 1. The molecule has 0 bridgehead atoms. The van der Waals surface area contributed by atoms with Gasteiger partial charge in [-0.25, -0.2) is 8.42 Å². The summed E-state index contributed by atoms with van der Waals surface area (Å²) in [5.41, 5.74) is 0.241. The van der Waals surface area contributed by atoms with Crippen molar-refractivity contribution < 1.29 is 31.5 Å². The van der Waals surface area contributed by atoms with Crippen LogP contribution in [0.4, 0.5) is 13.2 Å². The highest BCUT2D eigenvalue weighted by Crippen LogP contribution is 2.29. The molecule has 0 spiro atoms. The second kappa shape index (κ2) is 8.74. The molecule has 1 atom stereocenters. The van der Waals surface area contributed by atoms with Gasteiger partial charge in [0.2, 0.25) is 5.91 Å². The van der Waals surface area contributed by atoms with Gasteiger partial charge in [0.25, 0.3) is 0 Å². The molecular weight excluding hydrogens is 395 g/mol. The first-order chi connectivity index (χ1) is 13.0. The molecule has 0 fully saturated rings. The number of benzene rings is 2. The van der Waals surface area contributed by atoms with Crippen LogP contribution in [-0.2, 0) is 27.2 Å². The molecule has 0 heterocycles. The number of aliphatic hydroxyl groups is 1. The first kappa shape index (κ1) is 21.9. The maximum atomic E-state index is 12.5. The minimum Gasteiger partial charge on any atom is -0.387 e. The van der Waals surface area contributed by atoms with Crippen LogP contribution in [0.2, 0.25) is 0 Å². The summed E-state index contributed by atoms with van der Waals surface area (Å²) < 4.78 is 60.4. The molecule has 2 aromatic carbocycles. The Morgan fingerprint density at radius 2 is 1.64 bits per heavy atom. The number of hydrogen-bond acceptors (Lipinski definition) is 4. The Morgan fingerprint density at radius 3 is 2.14 bits per heavy atom. The van der Waals surface area contributed by atoms with Crippen LogP contribution in [0.3, 0.4) is 0 Å². The molecule has 5 nitrogen and oxygen atoms in total. The molecule has 0 radical (unpaired) electrons. The number of nitrogens with one attached hydrogen (secondary N) is 1. The minimum atomic E-state index is -4.45. The molecule has 152 valence electrons. The van der Waals surface area contributed by atoms with Gasteiger partial charge in [0.1, 0.15) is 0 Å². The van der Waals surface area contributed by atoms with Gasteiger partial charge in [0.05, 0.1) is 16.6 Å². The summed E-state index contributed by atoms with van der Waals surface area (Å²) in [4.78, 5) is 12.1. The van der Waals surface area contributed by atoms with Crippen LogP contribution >= 0.6 is 0 Å². The Balaban J connectivity index is 1.82. The number of carbonyl (C=O) groups excluding carboxylic acids is 1. The highest BCUT2D eigenvalue weighted by atomic mass is 32.2. The van der Waals surface area contributed by atoms with Gasteiger partial charge < -0.3 is 10.4 Å². The Labute approximate surface area is 161 Å². The molecule has 9 heteroatoms. The number of rotatable bonds is 7. The van der Waals surface area contributed by atoms with Crippen LogP contribution in [0.25, 0.3) is 0 Å². The number of alkyl halides is 3. The van der Waals surface area contributed by atoms with E-state index in [1.165, 1.54) is 24.3 Å². The van der Waals surface area contributed by atoms with Crippen molar-refractivity contribution in [3.8, 4) is 0 Å². The Kier molecular flexibility index (Phi) is 6.84. The Morgan fingerprint density at radius 1 is 1.07 bits per heavy atom. The predicted molar refractivity (Wildman–Crippen MR) is 97.3 cm³/mol. The number of carbonyl (C=O) groups is 1. The molecule has 0 saturated heterocycles. The smallest absolute Gasteiger partial charge is 0.387 e.